The first kappa shape index (κ1) is 17.5. The van der Waals surface area contributed by atoms with E-state index >= 15 is 0 Å². The molecule has 1 amide bonds. The lowest BCUT2D eigenvalue weighted by Crippen LogP contribution is -2.23. The zero-order chi connectivity index (χ0) is 17.8. The summed E-state index contributed by atoms with van der Waals surface area (Å²) in [5, 5.41) is 4.46. The zero-order valence-electron chi connectivity index (χ0n) is 13.5. The number of carbonyl (C=O) groups excluding carboxylic acids is 1. The molecule has 0 aliphatic carbocycles. The predicted octanol–water partition coefficient (Wildman–Crippen LogP) is 3.80. The van der Waals surface area contributed by atoms with Crippen LogP contribution in [0.5, 0.6) is 0 Å². The monoisotopic (exact) mass is 373 g/mol. The van der Waals surface area contributed by atoms with Crippen LogP contribution in [0, 0.1) is 0 Å². The Hall–Kier alpha value is -2.31. The maximum absolute atomic E-state index is 12.5. The van der Waals surface area contributed by atoms with E-state index < -0.39 is 0 Å². The molecule has 0 spiro atoms. The molecule has 0 radical (unpaired) electrons. The molecular weight excluding hydrogens is 358 g/mol. The minimum absolute atomic E-state index is 0.0918. The number of fused-ring (bicyclic) bond motifs is 1. The number of nitrogens with one attached hydrogen (secondary N) is 1. The summed E-state index contributed by atoms with van der Waals surface area (Å²) in [6.07, 6.45) is 0. The van der Waals surface area contributed by atoms with Gasteiger partial charge in [0.2, 0.25) is 5.91 Å². The van der Waals surface area contributed by atoms with Gasteiger partial charge in [0, 0.05) is 17.3 Å². The first-order valence-electron chi connectivity index (χ1n) is 7.76. The fourth-order valence-electron chi connectivity index (χ4n) is 2.43. The van der Waals surface area contributed by atoms with Gasteiger partial charge < -0.3 is 5.32 Å². The molecule has 128 valence electrons. The third-order valence-electron chi connectivity index (χ3n) is 3.58. The molecule has 0 aliphatic rings. The van der Waals surface area contributed by atoms with Crippen LogP contribution >= 0.6 is 23.4 Å². The molecule has 25 heavy (non-hydrogen) atoms. The molecule has 0 unspecified atom stereocenters. The van der Waals surface area contributed by atoms with Crippen LogP contribution in [-0.2, 0) is 11.3 Å². The van der Waals surface area contributed by atoms with Gasteiger partial charge in [0.15, 0.2) is 5.16 Å². The molecule has 1 aromatic heterocycles. The quantitative estimate of drug-likeness (QED) is 0.545. The second kappa shape index (κ2) is 7.72. The van der Waals surface area contributed by atoms with Crippen molar-refractivity contribution in [3.05, 3.63) is 63.9 Å². The summed E-state index contributed by atoms with van der Waals surface area (Å²) in [5.41, 5.74) is 1.18. The molecule has 3 rings (SSSR count). The lowest BCUT2D eigenvalue weighted by molar-refractivity contribution is -0.113. The predicted molar refractivity (Wildman–Crippen MR) is 102 cm³/mol. The summed E-state index contributed by atoms with van der Waals surface area (Å²) in [5.74, 6) is -0.0329. The van der Waals surface area contributed by atoms with Crippen molar-refractivity contribution in [2.75, 3.05) is 11.1 Å². The Labute approximate surface area is 154 Å². The number of nitrogens with zero attached hydrogens (tertiary/aromatic N) is 2. The van der Waals surface area contributed by atoms with E-state index in [9.17, 15) is 9.59 Å². The SMILES string of the molecule is CCn1c(SCC(=O)Nc2cccc(Cl)c2)nc2ccccc2c1=O. The number of carbonyl (C=O) groups is 1. The van der Waals surface area contributed by atoms with Crippen LogP contribution in [0.4, 0.5) is 5.69 Å². The highest BCUT2D eigenvalue weighted by molar-refractivity contribution is 7.99. The van der Waals surface area contributed by atoms with Crippen molar-refractivity contribution in [3.8, 4) is 0 Å². The molecule has 2 aromatic carbocycles. The molecule has 5 nitrogen and oxygen atoms in total. The van der Waals surface area contributed by atoms with Gasteiger partial charge >= 0.3 is 0 Å². The highest BCUT2D eigenvalue weighted by atomic mass is 35.5. The molecule has 1 heterocycles. The highest BCUT2D eigenvalue weighted by Crippen LogP contribution is 2.19. The number of rotatable bonds is 5. The number of thioether (sulfide) groups is 1. The van der Waals surface area contributed by atoms with Crippen LogP contribution in [0.15, 0.2) is 58.5 Å². The number of para-hydroxylation sites is 1. The molecule has 1 N–H and O–H groups in total. The van der Waals surface area contributed by atoms with E-state index in [1.807, 2.05) is 19.1 Å². The molecule has 0 atom stereocenters. The smallest absolute Gasteiger partial charge is 0.262 e. The van der Waals surface area contributed by atoms with Crippen molar-refractivity contribution in [1.29, 1.82) is 0 Å². The third-order valence-corrected chi connectivity index (χ3v) is 4.80. The summed E-state index contributed by atoms with van der Waals surface area (Å²) < 4.78 is 1.58. The molecule has 7 heteroatoms. The van der Waals surface area contributed by atoms with Crippen molar-refractivity contribution >= 4 is 45.9 Å². The number of hydrogen-bond donors (Lipinski definition) is 1. The van der Waals surface area contributed by atoms with Crippen LogP contribution in [0.1, 0.15) is 6.92 Å². The maximum Gasteiger partial charge on any atom is 0.262 e. The first-order valence-corrected chi connectivity index (χ1v) is 9.12. The Kier molecular flexibility index (Phi) is 5.40. The second-order valence-electron chi connectivity index (χ2n) is 5.31. The van der Waals surface area contributed by atoms with Crippen molar-refractivity contribution in [2.24, 2.45) is 0 Å². The van der Waals surface area contributed by atoms with E-state index in [2.05, 4.69) is 10.3 Å². The largest absolute Gasteiger partial charge is 0.325 e. The number of halogens is 1. The molecule has 3 aromatic rings. The molecule has 0 fully saturated rings. The lowest BCUT2D eigenvalue weighted by Gasteiger charge is -2.11. The van der Waals surface area contributed by atoms with Gasteiger partial charge in [-0.2, -0.15) is 0 Å². The van der Waals surface area contributed by atoms with E-state index in [4.69, 9.17) is 11.6 Å². The van der Waals surface area contributed by atoms with Crippen LogP contribution in [-0.4, -0.2) is 21.2 Å². The molecule has 0 bridgehead atoms. The minimum atomic E-state index is -0.183. The highest BCUT2D eigenvalue weighted by Gasteiger charge is 2.12. The molecule has 0 aliphatic heterocycles. The summed E-state index contributed by atoms with van der Waals surface area (Å²) in [6.45, 7) is 2.38. The van der Waals surface area contributed by atoms with Crippen LogP contribution in [0.3, 0.4) is 0 Å². The van der Waals surface area contributed by atoms with Gasteiger partial charge in [0.25, 0.3) is 5.56 Å². The van der Waals surface area contributed by atoms with E-state index in [1.165, 1.54) is 11.8 Å². The Morgan fingerprint density at radius 1 is 1.24 bits per heavy atom. The first-order chi connectivity index (χ1) is 12.1. The van der Waals surface area contributed by atoms with Crippen molar-refractivity contribution < 1.29 is 4.79 Å². The number of hydrogen-bond acceptors (Lipinski definition) is 4. The average Bonchev–Trinajstić information content (AvgIpc) is 2.60. The Morgan fingerprint density at radius 3 is 2.80 bits per heavy atom. The van der Waals surface area contributed by atoms with Crippen LogP contribution < -0.4 is 10.9 Å². The number of aromatic nitrogens is 2. The summed E-state index contributed by atoms with van der Waals surface area (Å²) >= 11 is 7.15. The zero-order valence-corrected chi connectivity index (χ0v) is 15.1. The minimum Gasteiger partial charge on any atom is -0.325 e. The fourth-order valence-corrected chi connectivity index (χ4v) is 3.48. The van der Waals surface area contributed by atoms with Gasteiger partial charge in [0.05, 0.1) is 16.7 Å². The Morgan fingerprint density at radius 2 is 2.04 bits per heavy atom. The standard InChI is InChI=1S/C18H16ClN3O2S/c1-2-22-17(24)14-8-3-4-9-15(14)21-18(22)25-11-16(23)20-13-7-5-6-12(19)10-13/h3-10H,2,11H2,1H3,(H,20,23). The number of anilines is 1. The van der Waals surface area contributed by atoms with E-state index in [0.717, 1.165) is 0 Å². The van der Waals surface area contributed by atoms with Gasteiger partial charge in [-0.25, -0.2) is 4.98 Å². The summed E-state index contributed by atoms with van der Waals surface area (Å²) in [4.78, 5) is 29.2. The van der Waals surface area contributed by atoms with Crippen LogP contribution in [0.25, 0.3) is 10.9 Å². The van der Waals surface area contributed by atoms with Gasteiger partial charge in [-0.05, 0) is 37.3 Å². The maximum atomic E-state index is 12.5. The van der Waals surface area contributed by atoms with Crippen molar-refractivity contribution in [3.63, 3.8) is 0 Å². The van der Waals surface area contributed by atoms with Crippen molar-refractivity contribution in [1.82, 2.24) is 9.55 Å². The van der Waals surface area contributed by atoms with Gasteiger partial charge in [-0.3, -0.25) is 14.2 Å². The van der Waals surface area contributed by atoms with Crippen molar-refractivity contribution in [2.45, 2.75) is 18.6 Å². The molecular formula is C18H16ClN3O2S. The Balaban J connectivity index is 1.78. The summed E-state index contributed by atoms with van der Waals surface area (Å²) in [6, 6.07) is 14.2. The topological polar surface area (TPSA) is 64.0 Å². The summed E-state index contributed by atoms with van der Waals surface area (Å²) in [7, 11) is 0. The average molecular weight is 374 g/mol. The van der Waals surface area contributed by atoms with Gasteiger partial charge in [-0.15, -0.1) is 0 Å². The Bertz CT molecular complexity index is 987. The van der Waals surface area contributed by atoms with E-state index in [-0.39, 0.29) is 17.2 Å². The van der Waals surface area contributed by atoms with E-state index in [0.29, 0.717) is 33.3 Å². The third kappa shape index (κ3) is 4.03. The van der Waals surface area contributed by atoms with Gasteiger partial charge in [-0.1, -0.05) is 41.6 Å². The molecule has 0 saturated heterocycles. The number of benzene rings is 2. The van der Waals surface area contributed by atoms with Gasteiger partial charge in [0.1, 0.15) is 0 Å². The fraction of sp³-hybridized carbons (Fsp3) is 0.167. The number of amides is 1. The lowest BCUT2D eigenvalue weighted by atomic mass is 10.2. The van der Waals surface area contributed by atoms with Crippen LogP contribution in [0.2, 0.25) is 5.02 Å². The normalized spacial score (nSPS) is 10.8. The molecule has 0 saturated carbocycles. The second-order valence-corrected chi connectivity index (χ2v) is 6.69. The van der Waals surface area contributed by atoms with E-state index in [1.54, 1.807) is 41.0 Å².